The zero-order valence-electron chi connectivity index (χ0n) is 11.4. The molecule has 1 saturated heterocycles. The second kappa shape index (κ2) is 4.43. The van der Waals surface area contributed by atoms with Crippen molar-refractivity contribution >= 4 is 11.9 Å². The highest BCUT2D eigenvalue weighted by molar-refractivity contribution is 5.42. The van der Waals surface area contributed by atoms with Crippen molar-refractivity contribution in [3.05, 3.63) is 18.5 Å². The van der Waals surface area contributed by atoms with Gasteiger partial charge < -0.3 is 10.2 Å². The topological polar surface area (TPSA) is 71.8 Å². The van der Waals surface area contributed by atoms with Gasteiger partial charge in [0.05, 0.1) is 0 Å². The van der Waals surface area contributed by atoms with E-state index < -0.39 is 0 Å². The van der Waals surface area contributed by atoms with E-state index in [1.54, 1.807) is 10.9 Å². The van der Waals surface area contributed by atoms with Crippen molar-refractivity contribution in [2.45, 2.75) is 25.3 Å². The van der Waals surface area contributed by atoms with Crippen LogP contribution in [0.3, 0.4) is 0 Å². The average Bonchev–Trinajstić information content (AvgIpc) is 3.23. The van der Waals surface area contributed by atoms with E-state index >= 15 is 0 Å². The lowest BCUT2D eigenvalue weighted by molar-refractivity contribution is 0.545. The molecule has 1 aliphatic carbocycles. The normalized spacial score (nSPS) is 24.4. The molecule has 0 aromatic carbocycles. The van der Waals surface area contributed by atoms with E-state index in [9.17, 15) is 0 Å². The fraction of sp³-hybridized carbons (Fsp3) is 0.538. The Labute approximate surface area is 117 Å². The van der Waals surface area contributed by atoms with Crippen LogP contribution in [0.2, 0.25) is 0 Å². The third-order valence-electron chi connectivity index (χ3n) is 4.21. The number of aromatic nitrogens is 5. The highest BCUT2D eigenvalue weighted by Gasteiger charge is 2.39. The Morgan fingerprint density at radius 1 is 1.20 bits per heavy atom. The molecule has 2 aliphatic rings. The highest BCUT2D eigenvalue weighted by atomic mass is 15.4. The number of fused-ring (bicyclic) bond motifs is 2. The summed E-state index contributed by atoms with van der Waals surface area (Å²) in [6.45, 7) is 1.07. The molecule has 0 spiro atoms. The van der Waals surface area contributed by atoms with E-state index in [2.05, 4.69) is 30.3 Å². The van der Waals surface area contributed by atoms with Gasteiger partial charge in [-0.2, -0.15) is 20.1 Å². The molecule has 2 atom stereocenters. The molecule has 0 radical (unpaired) electrons. The van der Waals surface area contributed by atoms with Gasteiger partial charge in [-0.25, -0.2) is 4.68 Å². The van der Waals surface area contributed by atoms with Gasteiger partial charge in [0.25, 0.3) is 5.95 Å². The number of nitrogens with one attached hydrogen (secondary N) is 1. The van der Waals surface area contributed by atoms with Crippen molar-refractivity contribution < 1.29 is 0 Å². The van der Waals surface area contributed by atoms with Gasteiger partial charge in [0, 0.05) is 32.0 Å². The van der Waals surface area contributed by atoms with E-state index in [1.807, 2.05) is 19.3 Å². The molecule has 3 heterocycles. The van der Waals surface area contributed by atoms with Gasteiger partial charge in [-0.15, -0.1) is 0 Å². The van der Waals surface area contributed by atoms with Gasteiger partial charge in [0.2, 0.25) is 11.9 Å². The quantitative estimate of drug-likeness (QED) is 0.901. The van der Waals surface area contributed by atoms with Crippen molar-refractivity contribution in [3.63, 3.8) is 0 Å². The Balaban J connectivity index is 1.74. The number of anilines is 2. The summed E-state index contributed by atoms with van der Waals surface area (Å²) in [5, 5.41) is 7.20. The second-order valence-corrected chi connectivity index (χ2v) is 5.44. The van der Waals surface area contributed by atoms with Gasteiger partial charge in [0.15, 0.2) is 0 Å². The van der Waals surface area contributed by atoms with Crippen LogP contribution >= 0.6 is 0 Å². The zero-order valence-corrected chi connectivity index (χ0v) is 11.4. The van der Waals surface area contributed by atoms with Gasteiger partial charge in [0.1, 0.15) is 0 Å². The monoisotopic (exact) mass is 271 g/mol. The van der Waals surface area contributed by atoms with E-state index in [1.165, 1.54) is 19.3 Å². The molecule has 2 unspecified atom stereocenters. The van der Waals surface area contributed by atoms with Gasteiger partial charge >= 0.3 is 0 Å². The lowest BCUT2D eigenvalue weighted by Crippen LogP contribution is -2.34. The third kappa shape index (κ3) is 1.81. The Morgan fingerprint density at radius 2 is 2.10 bits per heavy atom. The summed E-state index contributed by atoms with van der Waals surface area (Å²) in [4.78, 5) is 15.8. The summed E-state index contributed by atoms with van der Waals surface area (Å²) >= 11 is 0. The van der Waals surface area contributed by atoms with Crippen molar-refractivity contribution in [1.29, 1.82) is 0 Å². The fourth-order valence-corrected chi connectivity index (χ4v) is 3.25. The zero-order chi connectivity index (χ0) is 13.5. The molecule has 2 aromatic heterocycles. The SMILES string of the molecule is CNc1nc(N2CC3CCC2C3)nc(-n2cccn2)n1. The highest BCUT2D eigenvalue weighted by Crippen LogP contribution is 2.39. The molecule has 7 heteroatoms. The first-order valence-corrected chi connectivity index (χ1v) is 7.04. The van der Waals surface area contributed by atoms with Crippen LogP contribution in [0.4, 0.5) is 11.9 Å². The standard InChI is InChI=1S/C13H17N7/c1-14-11-16-12(19-8-9-3-4-10(19)7-9)18-13(17-11)20-6-2-5-15-20/h2,5-6,9-10H,3-4,7-8H2,1H3,(H,14,16,17,18). The summed E-state index contributed by atoms with van der Waals surface area (Å²) in [6.07, 6.45) is 7.44. The minimum atomic E-state index is 0.562. The van der Waals surface area contributed by atoms with Crippen LogP contribution in [-0.4, -0.2) is 44.4 Å². The predicted octanol–water partition coefficient (Wildman–Crippen LogP) is 1.09. The Morgan fingerprint density at radius 3 is 2.75 bits per heavy atom. The van der Waals surface area contributed by atoms with Crippen LogP contribution < -0.4 is 10.2 Å². The Bertz CT molecular complexity index is 609. The van der Waals surface area contributed by atoms with E-state index in [0.717, 1.165) is 18.4 Å². The molecule has 4 rings (SSSR count). The molecule has 0 amide bonds. The maximum atomic E-state index is 4.59. The summed E-state index contributed by atoms with van der Waals surface area (Å²) in [6, 6.07) is 2.46. The van der Waals surface area contributed by atoms with Gasteiger partial charge in [-0.1, -0.05) is 0 Å². The van der Waals surface area contributed by atoms with Crippen LogP contribution in [0, 0.1) is 5.92 Å². The first-order chi connectivity index (χ1) is 9.83. The molecule has 2 fully saturated rings. The molecule has 7 nitrogen and oxygen atoms in total. The summed E-state index contributed by atoms with van der Waals surface area (Å²) in [7, 11) is 1.82. The molecular formula is C13H17N7. The first kappa shape index (κ1) is 11.6. The van der Waals surface area contributed by atoms with Crippen LogP contribution in [0.1, 0.15) is 19.3 Å². The lowest BCUT2D eigenvalue weighted by atomic mass is 10.1. The van der Waals surface area contributed by atoms with Crippen molar-refractivity contribution in [2.24, 2.45) is 5.92 Å². The average molecular weight is 271 g/mol. The van der Waals surface area contributed by atoms with Gasteiger partial charge in [-0.05, 0) is 31.2 Å². The van der Waals surface area contributed by atoms with Crippen molar-refractivity contribution in [1.82, 2.24) is 24.7 Å². The molecule has 1 aliphatic heterocycles. The largest absolute Gasteiger partial charge is 0.357 e. The number of rotatable bonds is 3. The third-order valence-corrected chi connectivity index (χ3v) is 4.21. The van der Waals surface area contributed by atoms with Crippen LogP contribution in [0.15, 0.2) is 18.5 Å². The molecule has 1 saturated carbocycles. The van der Waals surface area contributed by atoms with E-state index in [-0.39, 0.29) is 0 Å². The minimum absolute atomic E-state index is 0.562. The number of piperidine rings is 1. The number of nitrogens with zero attached hydrogens (tertiary/aromatic N) is 6. The van der Waals surface area contributed by atoms with Gasteiger partial charge in [-0.3, -0.25) is 0 Å². The summed E-state index contributed by atoms with van der Waals surface area (Å²) in [5.41, 5.74) is 0. The summed E-state index contributed by atoms with van der Waals surface area (Å²) < 4.78 is 1.67. The number of hydrogen-bond donors (Lipinski definition) is 1. The van der Waals surface area contributed by atoms with E-state index in [4.69, 9.17) is 0 Å². The fourth-order valence-electron chi connectivity index (χ4n) is 3.25. The molecule has 1 N–H and O–H groups in total. The first-order valence-electron chi connectivity index (χ1n) is 7.04. The lowest BCUT2D eigenvalue weighted by Gasteiger charge is -2.27. The van der Waals surface area contributed by atoms with E-state index in [0.29, 0.717) is 17.9 Å². The molecular weight excluding hydrogens is 254 g/mol. The Hall–Kier alpha value is -2.18. The smallest absolute Gasteiger partial charge is 0.257 e. The number of hydrogen-bond acceptors (Lipinski definition) is 6. The predicted molar refractivity (Wildman–Crippen MR) is 75.0 cm³/mol. The summed E-state index contributed by atoms with van der Waals surface area (Å²) in [5.74, 6) is 2.72. The van der Waals surface area contributed by atoms with Crippen molar-refractivity contribution in [3.8, 4) is 5.95 Å². The molecule has 2 aromatic rings. The molecule has 104 valence electrons. The van der Waals surface area contributed by atoms with Crippen LogP contribution in [0.5, 0.6) is 0 Å². The maximum absolute atomic E-state index is 4.59. The van der Waals surface area contributed by atoms with Crippen LogP contribution in [-0.2, 0) is 0 Å². The Kier molecular flexibility index (Phi) is 2.58. The second-order valence-electron chi connectivity index (χ2n) is 5.44. The molecule has 2 bridgehead atoms. The minimum Gasteiger partial charge on any atom is -0.357 e. The van der Waals surface area contributed by atoms with Crippen molar-refractivity contribution in [2.75, 3.05) is 23.8 Å². The maximum Gasteiger partial charge on any atom is 0.257 e. The van der Waals surface area contributed by atoms with Crippen LogP contribution in [0.25, 0.3) is 5.95 Å². The molecule has 20 heavy (non-hydrogen) atoms.